The van der Waals surface area contributed by atoms with Crippen LogP contribution in [0.1, 0.15) is 42.9 Å². The second-order valence-electron chi connectivity index (χ2n) is 6.02. The number of ether oxygens (including phenoxy) is 1. The Morgan fingerprint density at radius 3 is 2.68 bits per heavy atom. The summed E-state index contributed by atoms with van der Waals surface area (Å²) < 4.78 is 5.45. The topological polar surface area (TPSA) is 70.9 Å². The number of hydrogen-bond donors (Lipinski definition) is 2. The normalized spacial score (nSPS) is 12.1. The Balaban J connectivity index is 1.82. The van der Waals surface area contributed by atoms with E-state index >= 15 is 0 Å². The average molecular weight is 340 g/mol. The molecule has 5 heteroatoms. The predicted octanol–water partition coefficient (Wildman–Crippen LogP) is 3.74. The number of nitrogens with zero attached hydrogens (tertiary/aromatic N) is 1. The number of phenols is 1. The van der Waals surface area contributed by atoms with Crippen molar-refractivity contribution in [2.24, 2.45) is 5.10 Å². The fourth-order valence-electron chi connectivity index (χ4n) is 2.26. The lowest BCUT2D eigenvalue weighted by Gasteiger charge is -2.10. The number of carbonyl (C=O) groups excluding carboxylic acids is 1. The van der Waals surface area contributed by atoms with Crippen LogP contribution in [0, 0.1) is 6.92 Å². The van der Waals surface area contributed by atoms with Gasteiger partial charge in [0.05, 0.1) is 6.21 Å². The van der Waals surface area contributed by atoms with E-state index in [1.807, 2.05) is 31.2 Å². The molecule has 2 rings (SSSR count). The van der Waals surface area contributed by atoms with Gasteiger partial charge in [-0.1, -0.05) is 37.6 Å². The lowest BCUT2D eigenvalue weighted by Crippen LogP contribution is -2.24. The molecule has 0 fully saturated rings. The van der Waals surface area contributed by atoms with E-state index < -0.39 is 0 Å². The predicted molar refractivity (Wildman–Crippen MR) is 99.2 cm³/mol. The van der Waals surface area contributed by atoms with Gasteiger partial charge in [-0.25, -0.2) is 5.43 Å². The fourth-order valence-corrected chi connectivity index (χ4v) is 2.26. The zero-order valence-electron chi connectivity index (χ0n) is 14.8. The number of nitrogens with one attached hydrogen (secondary N) is 1. The fraction of sp³-hybridized carbons (Fsp3) is 0.300. The monoisotopic (exact) mass is 340 g/mol. The highest BCUT2D eigenvalue weighted by Crippen LogP contribution is 2.21. The summed E-state index contributed by atoms with van der Waals surface area (Å²) in [6.45, 7) is 6.11. The number of hydrazone groups is 1. The minimum atomic E-state index is -0.366. The zero-order chi connectivity index (χ0) is 18.2. The molecule has 2 aromatic carbocycles. The standard InChI is InChI=1S/C20H24N2O3/c1-4-15(3)16-6-8-18(9-7-16)25-13-20(24)22-21-12-17-11-14(2)5-10-19(17)23/h5-12,15,23H,4,13H2,1-3H3,(H,22,24)/b21-12-. The van der Waals surface area contributed by atoms with Crippen LogP contribution < -0.4 is 10.2 Å². The Hall–Kier alpha value is -2.82. The Labute approximate surface area is 148 Å². The molecule has 0 aliphatic carbocycles. The Bertz CT molecular complexity index is 739. The Morgan fingerprint density at radius 2 is 2.00 bits per heavy atom. The molecule has 0 radical (unpaired) electrons. The number of carbonyl (C=O) groups is 1. The van der Waals surface area contributed by atoms with Crippen molar-refractivity contribution in [3.05, 3.63) is 59.2 Å². The van der Waals surface area contributed by atoms with Gasteiger partial charge in [-0.05, 0) is 49.1 Å². The molecular formula is C20H24N2O3. The summed E-state index contributed by atoms with van der Waals surface area (Å²) in [5.41, 5.74) is 5.17. The van der Waals surface area contributed by atoms with Crippen LogP contribution in [0.2, 0.25) is 0 Å². The summed E-state index contributed by atoms with van der Waals surface area (Å²) >= 11 is 0. The van der Waals surface area contributed by atoms with Gasteiger partial charge >= 0.3 is 0 Å². The summed E-state index contributed by atoms with van der Waals surface area (Å²) in [6, 6.07) is 12.9. The van der Waals surface area contributed by atoms with Crippen LogP contribution in [-0.2, 0) is 4.79 Å². The third-order valence-electron chi connectivity index (χ3n) is 4.01. The SMILES string of the molecule is CCC(C)c1ccc(OCC(=O)N/N=C\c2cc(C)ccc2O)cc1. The molecule has 5 nitrogen and oxygen atoms in total. The molecule has 0 aliphatic heterocycles. The van der Waals surface area contributed by atoms with Crippen LogP contribution >= 0.6 is 0 Å². The van der Waals surface area contributed by atoms with E-state index in [9.17, 15) is 9.90 Å². The van der Waals surface area contributed by atoms with Crippen molar-refractivity contribution in [1.82, 2.24) is 5.43 Å². The first-order chi connectivity index (χ1) is 12.0. The van der Waals surface area contributed by atoms with Gasteiger partial charge in [-0.3, -0.25) is 4.79 Å². The highest BCUT2D eigenvalue weighted by molar-refractivity contribution is 5.85. The number of aryl methyl sites for hydroxylation is 1. The number of phenolic OH excluding ortho intramolecular Hbond substituents is 1. The summed E-state index contributed by atoms with van der Waals surface area (Å²) in [7, 11) is 0. The molecule has 1 unspecified atom stereocenters. The summed E-state index contributed by atoms with van der Waals surface area (Å²) in [5.74, 6) is 0.892. The van der Waals surface area contributed by atoms with Crippen molar-refractivity contribution in [3.63, 3.8) is 0 Å². The van der Waals surface area contributed by atoms with E-state index in [-0.39, 0.29) is 18.3 Å². The maximum Gasteiger partial charge on any atom is 0.277 e. The zero-order valence-corrected chi connectivity index (χ0v) is 14.8. The van der Waals surface area contributed by atoms with Gasteiger partial charge in [0, 0.05) is 5.56 Å². The van der Waals surface area contributed by atoms with Gasteiger partial charge in [-0.2, -0.15) is 5.10 Å². The highest BCUT2D eigenvalue weighted by Gasteiger charge is 2.05. The maximum atomic E-state index is 11.8. The van der Waals surface area contributed by atoms with Crippen LogP contribution in [-0.4, -0.2) is 23.8 Å². The highest BCUT2D eigenvalue weighted by atomic mass is 16.5. The van der Waals surface area contributed by atoms with Crippen molar-refractivity contribution in [2.45, 2.75) is 33.1 Å². The number of benzene rings is 2. The van der Waals surface area contributed by atoms with Gasteiger partial charge in [0.25, 0.3) is 5.91 Å². The molecule has 0 aromatic heterocycles. The summed E-state index contributed by atoms with van der Waals surface area (Å²) in [4.78, 5) is 11.8. The lowest BCUT2D eigenvalue weighted by molar-refractivity contribution is -0.123. The molecule has 1 amide bonds. The summed E-state index contributed by atoms with van der Waals surface area (Å²) in [5, 5.41) is 13.5. The average Bonchev–Trinajstić information content (AvgIpc) is 2.62. The van der Waals surface area contributed by atoms with Gasteiger partial charge in [0.2, 0.25) is 0 Å². The quantitative estimate of drug-likeness (QED) is 0.596. The number of rotatable bonds is 7. The molecule has 0 saturated carbocycles. The van der Waals surface area contributed by atoms with E-state index in [1.54, 1.807) is 18.2 Å². The first-order valence-electron chi connectivity index (χ1n) is 8.34. The van der Waals surface area contributed by atoms with E-state index in [0.29, 0.717) is 17.2 Å². The van der Waals surface area contributed by atoms with Gasteiger partial charge in [-0.15, -0.1) is 0 Å². The Kier molecular flexibility index (Phi) is 6.57. The van der Waals surface area contributed by atoms with E-state index in [4.69, 9.17) is 4.74 Å². The van der Waals surface area contributed by atoms with E-state index in [2.05, 4.69) is 24.4 Å². The van der Waals surface area contributed by atoms with Crippen molar-refractivity contribution < 1.29 is 14.6 Å². The van der Waals surface area contributed by atoms with E-state index in [0.717, 1.165) is 12.0 Å². The minimum absolute atomic E-state index is 0.112. The van der Waals surface area contributed by atoms with Crippen LogP contribution in [0.3, 0.4) is 0 Å². The van der Waals surface area contributed by atoms with Crippen molar-refractivity contribution >= 4 is 12.1 Å². The molecule has 0 saturated heterocycles. The molecule has 25 heavy (non-hydrogen) atoms. The molecule has 2 N–H and O–H groups in total. The van der Waals surface area contributed by atoms with Gasteiger partial charge < -0.3 is 9.84 Å². The van der Waals surface area contributed by atoms with Crippen LogP contribution in [0.5, 0.6) is 11.5 Å². The molecule has 132 valence electrons. The second-order valence-corrected chi connectivity index (χ2v) is 6.02. The third kappa shape index (κ3) is 5.64. The first-order valence-corrected chi connectivity index (χ1v) is 8.34. The largest absolute Gasteiger partial charge is 0.507 e. The summed E-state index contributed by atoms with van der Waals surface area (Å²) in [6.07, 6.45) is 2.48. The lowest BCUT2D eigenvalue weighted by atomic mass is 9.99. The van der Waals surface area contributed by atoms with Crippen LogP contribution in [0.25, 0.3) is 0 Å². The molecular weight excluding hydrogens is 316 g/mol. The molecule has 0 bridgehead atoms. The molecule has 0 aliphatic rings. The van der Waals surface area contributed by atoms with Gasteiger partial charge in [0.15, 0.2) is 6.61 Å². The second kappa shape index (κ2) is 8.87. The first kappa shape index (κ1) is 18.5. The van der Waals surface area contributed by atoms with Gasteiger partial charge in [0.1, 0.15) is 11.5 Å². The minimum Gasteiger partial charge on any atom is -0.507 e. The maximum absolute atomic E-state index is 11.8. The van der Waals surface area contributed by atoms with Crippen molar-refractivity contribution in [1.29, 1.82) is 0 Å². The molecule has 0 spiro atoms. The number of aromatic hydroxyl groups is 1. The Morgan fingerprint density at radius 1 is 1.28 bits per heavy atom. The van der Waals surface area contributed by atoms with Crippen molar-refractivity contribution in [2.75, 3.05) is 6.61 Å². The number of amides is 1. The number of hydrogen-bond acceptors (Lipinski definition) is 4. The van der Waals surface area contributed by atoms with Crippen LogP contribution in [0.4, 0.5) is 0 Å². The van der Waals surface area contributed by atoms with Crippen molar-refractivity contribution in [3.8, 4) is 11.5 Å². The smallest absolute Gasteiger partial charge is 0.277 e. The third-order valence-corrected chi connectivity index (χ3v) is 4.01. The van der Waals surface area contributed by atoms with E-state index in [1.165, 1.54) is 11.8 Å². The molecule has 1 atom stereocenters. The molecule has 2 aromatic rings. The van der Waals surface area contributed by atoms with Crippen LogP contribution in [0.15, 0.2) is 47.6 Å². The molecule has 0 heterocycles.